The molecule has 0 N–H and O–H groups in total. The maximum atomic E-state index is 2.36. The first-order valence-electron chi connectivity index (χ1n) is 14.5. The van der Waals surface area contributed by atoms with Crippen molar-refractivity contribution in [2.45, 2.75) is 6.92 Å². The smallest absolute Gasteiger partial charge is 0.0467 e. The minimum atomic E-state index is 1.13. The second kappa shape index (κ2) is 9.90. The fraction of sp³-hybridized carbons (Fsp3) is 0.0244. The Kier molecular flexibility index (Phi) is 5.75. The number of para-hydroxylation sites is 1. The number of nitrogens with zero attached hydrogens (tertiary/aromatic N) is 1. The van der Waals surface area contributed by atoms with Gasteiger partial charge in [0.1, 0.15) is 0 Å². The molecule has 1 aliphatic carbocycles. The third-order valence-corrected chi connectivity index (χ3v) is 8.47. The van der Waals surface area contributed by atoms with Crippen LogP contribution in [-0.2, 0) is 0 Å². The first-order valence-corrected chi connectivity index (χ1v) is 14.5. The number of anilines is 3. The Bertz CT molecular complexity index is 2060. The predicted molar refractivity (Wildman–Crippen MR) is 179 cm³/mol. The summed E-state index contributed by atoms with van der Waals surface area (Å²) in [7, 11) is 0. The van der Waals surface area contributed by atoms with Gasteiger partial charge in [-0.3, -0.25) is 0 Å². The molecular weight excluding hydrogens is 506 g/mol. The van der Waals surface area contributed by atoms with Crippen LogP contribution >= 0.6 is 0 Å². The standard InChI is InChI=1S/C41H29N/c1-28-20-22-29(23-21-28)30-10-7-14-33(26-30)42(32-12-3-2-4-13-32)34-15-8-11-31(27-34)35-24-25-40-37-17-6-5-16-36(37)39-19-9-18-38(35)41(39)40/h2-27H,1H3. The lowest BCUT2D eigenvalue weighted by Gasteiger charge is -2.26. The third-order valence-electron chi connectivity index (χ3n) is 8.47. The van der Waals surface area contributed by atoms with E-state index >= 15 is 0 Å². The molecule has 0 heterocycles. The van der Waals surface area contributed by atoms with Crippen molar-refractivity contribution in [1.29, 1.82) is 0 Å². The van der Waals surface area contributed by atoms with Gasteiger partial charge in [-0.05, 0) is 98.6 Å². The summed E-state index contributed by atoms with van der Waals surface area (Å²) in [5, 5.41) is 2.65. The van der Waals surface area contributed by atoms with Crippen molar-refractivity contribution >= 4 is 27.8 Å². The van der Waals surface area contributed by atoms with Crippen molar-refractivity contribution < 1.29 is 0 Å². The van der Waals surface area contributed by atoms with Gasteiger partial charge in [-0.15, -0.1) is 0 Å². The largest absolute Gasteiger partial charge is 0.310 e. The molecule has 198 valence electrons. The van der Waals surface area contributed by atoms with Gasteiger partial charge >= 0.3 is 0 Å². The first-order chi connectivity index (χ1) is 20.7. The summed E-state index contributed by atoms with van der Waals surface area (Å²) in [6, 6.07) is 57.3. The van der Waals surface area contributed by atoms with Crippen LogP contribution in [0.15, 0.2) is 158 Å². The van der Waals surface area contributed by atoms with Crippen LogP contribution in [-0.4, -0.2) is 0 Å². The Morgan fingerprint density at radius 3 is 1.64 bits per heavy atom. The lowest BCUT2D eigenvalue weighted by Crippen LogP contribution is -2.10. The van der Waals surface area contributed by atoms with Gasteiger partial charge in [0.05, 0.1) is 0 Å². The third kappa shape index (κ3) is 4.02. The van der Waals surface area contributed by atoms with E-state index in [1.807, 2.05) is 0 Å². The molecule has 0 saturated carbocycles. The molecule has 1 nitrogen and oxygen atoms in total. The molecule has 0 unspecified atom stereocenters. The maximum Gasteiger partial charge on any atom is 0.0467 e. The van der Waals surface area contributed by atoms with E-state index in [4.69, 9.17) is 0 Å². The molecule has 1 heteroatoms. The molecule has 0 radical (unpaired) electrons. The number of hydrogen-bond acceptors (Lipinski definition) is 1. The molecule has 1 aliphatic rings. The minimum Gasteiger partial charge on any atom is -0.310 e. The van der Waals surface area contributed by atoms with E-state index in [2.05, 4.69) is 170 Å². The molecule has 8 rings (SSSR count). The Hall–Kier alpha value is -5.40. The zero-order valence-corrected chi connectivity index (χ0v) is 23.5. The fourth-order valence-electron chi connectivity index (χ4n) is 6.47. The summed E-state index contributed by atoms with van der Waals surface area (Å²) in [5.41, 5.74) is 14.9. The molecular formula is C41H29N. The summed E-state index contributed by atoms with van der Waals surface area (Å²) in [5.74, 6) is 0. The number of rotatable bonds is 5. The van der Waals surface area contributed by atoms with Gasteiger partial charge in [0.15, 0.2) is 0 Å². The lowest BCUT2D eigenvalue weighted by molar-refractivity contribution is 1.28. The molecule has 0 aromatic heterocycles. The van der Waals surface area contributed by atoms with Gasteiger partial charge in [0.2, 0.25) is 0 Å². The number of fused-ring (bicyclic) bond motifs is 3. The van der Waals surface area contributed by atoms with Gasteiger partial charge in [0, 0.05) is 17.1 Å². The highest BCUT2D eigenvalue weighted by Crippen LogP contribution is 2.49. The van der Waals surface area contributed by atoms with Crippen molar-refractivity contribution in [3.05, 3.63) is 163 Å². The van der Waals surface area contributed by atoms with Crippen LogP contribution < -0.4 is 4.90 Å². The zero-order valence-electron chi connectivity index (χ0n) is 23.5. The highest BCUT2D eigenvalue weighted by atomic mass is 15.1. The monoisotopic (exact) mass is 535 g/mol. The van der Waals surface area contributed by atoms with E-state index in [1.54, 1.807) is 0 Å². The average molecular weight is 536 g/mol. The highest BCUT2D eigenvalue weighted by molar-refractivity contribution is 6.18. The normalized spacial score (nSPS) is 11.5. The molecule has 0 spiro atoms. The van der Waals surface area contributed by atoms with E-state index in [9.17, 15) is 0 Å². The van der Waals surface area contributed by atoms with Gasteiger partial charge in [-0.1, -0.05) is 127 Å². The Morgan fingerprint density at radius 1 is 0.357 bits per heavy atom. The van der Waals surface area contributed by atoms with Gasteiger partial charge in [0.25, 0.3) is 0 Å². The van der Waals surface area contributed by atoms with Crippen molar-refractivity contribution in [2.24, 2.45) is 0 Å². The number of benzene rings is 7. The molecule has 0 atom stereocenters. The summed E-state index contributed by atoms with van der Waals surface area (Å²) in [6.45, 7) is 2.13. The van der Waals surface area contributed by atoms with E-state index in [0.29, 0.717) is 0 Å². The summed E-state index contributed by atoms with van der Waals surface area (Å²) < 4.78 is 0. The summed E-state index contributed by atoms with van der Waals surface area (Å²) in [6.07, 6.45) is 0. The topological polar surface area (TPSA) is 3.24 Å². The summed E-state index contributed by atoms with van der Waals surface area (Å²) in [4.78, 5) is 2.36. The molecule has 42 heavy (non-hydrogen) atoms. The Morgan fingerprint density at radius 2 is 0.905 bits per heavy atom. The molecule has 0 amide bonds. The molecule has 7 aromatic carbocycles. The van der Waals surface area contributed by atoms with Gasteiger partial charge in [-0.2, -0.15) is 0 Å². The Labute approximate surface area is 247 Å². The van der Waals surface area contributed by atoms with Crippen molar-refractivity contribution in [1.82, 2.24) is 0 Å². The highest BCUT2D eigenvalue weighted by Gasteiger charge is 2.22. The van der Waals surface area contributed by atoms with Crippen LogP contribution in [0.2, 0.25) is 0 Å². The second-order valence-corrected chi connectivity index (χ2v) is 11.1. The van der Waals surface area contributed by atoms with E-state index in [1.165, 1.54) is 60.8 Å². The van der Waals surface area contributed by atoms with Crippen LogP contribution in [0.5, 0.6) is 0 Å². The molecule has 0 aliphatic heterocycles. The van der Waals surface area contributed by atoms with Crippen LogP contribution in [0, 0.1) is 6.92 Å². The predicted octanol–water partition coefficient (Wildman–Crippen LogP) is 11.6. The molecule has 7 aromatic rings. The van der Waals surface area contributed by atoms with Crippen molar-refractivity contribution in [3.63, 3.8) is 0 Å². The first kappa shape index (κ1) is 24.4. The Balaban J connectivity index is 1.27. The average Bonchev–Trinajstić information content (AvgIpc) is 3.38. The quantitative estimate of drug-likeness (QED) is 0.212. The number of aryl methyl sites for hydroxylation is 1. The van der Waals surface area contributed by atoms with E-state index < -0.39 is 0 Å². The fourth-order valence-corrected chi connectivity index (χ4v) is 6.47. The van der Waals surface area contributed by atoms with Crippen molar-refractivity contribution in [3.8, 4) is 44.5 Å². The van der Waals surface area contributed by atoms with E-state index in [-0.39, 0.29) is 0 Å². The molecule has 0 saturated heterocycles. The lowest BCUT2D eigenvalue weighted by atomic mass is 9.94. The van der Waals surface area contributed by atoms with E-state index in [0.717, 1.165) is 17.1 Å². The SMILES string of the molecule is Cc1ccc(-c2cccc(N(c3ccccc3)c3cccc(-c4ccc5c6c(cccc46)-c4ccccc4-5)c3)c2)cc1. The maximum absolute atomic E-state index is 2.36. The summed E-state index contributed by atoms with van der Waals surface area (Å²) >= 11 is 0. The van der Waals surface area contributed by atoms with Crippen LogP contribution in [0.1, 0.15) is 5.56 Å². The van der Waals surface area contributed by atoms with Crippen molar-refractivity contribution in [2.75, 3.05) is 4.90 Å². The second-order valence-electron chi connectivity index (χ2n) is 11.1. The molecule has 0 fully saturated rings. The van der Waals surface area contributed by atoms with Gasteiger partial charge < -0.3 is 4.90 Å². The van der Waals surface area contributed by atoms with Gasteiger partial charge in [-0.25, -0.2) is 0 Å². The number of hydrogen-bond donors (Lipinski definition) is 0. The minimum absolute atomic E-state index is 1.13. The zero-order chi connectivity index (χ0) is 28.0. The molecule has 0 bridgehead atoms. The van der Waals surface area contributed by atoms with Crippen LogP contribution in [0.4, 0.5) is 17.1 Å². The van der Waals surface area contributed by atoms with Crippen LogP contribution in [0.25, 0.3) is 55.3 Å². The van der Waals surface area contributed by atoms with Crippen LogP contribution in [0.3, 0.4) is 0 Å².